The fourth-order valence-electron chi connectivity index (χ4n) is 2.10. The Morgan fingerprint density at radius 2 is 1.76 bits per heavy atom. The van der Waals surface area contributed by atoms with E-state index in [2.05, 4.69) is 15.2 Å². The molecule has 0 aliphatic heterocycles. The van der Waals surface area contributed by atoms with Crippen molar-refractivity contribution < 1.29 is 4.74 Å². The molecule has 0 radical (unpaired) electrons. The average Bonchev–Trinajstić information content (AvgIpc) is 3.05. The number of rotatable bonds is 4. The van der Waals surface area contributed by atoms with Crippen LogP contribution < -0.4 is 10.5 Å². The van der Waals surface area contributed by atoms with Gasteiger partial charge in [0.1, 0.15) is 11.6 Å². The Bertz CT molecular complexity index is 707. The highest BCUT2D eigenvalue weighted by atomic mass is 16.5. The van der Waals surface area contributed by atoms with Crippen molar-refractivity contribution in [3.05, 3.63) is 66.0 Å². The first kappa shape index (κ1) is 13.3. The second-order valence-electron chi connectivity index (χ2n) is 4.66. The van der Waals surface area contributed by atoms with E-state index in [4.69, 9.17) is 10.5 Å². The van der Waals surface area contributed by atoms with Gasteiger partial charge in [0.2, 0.25) is 0 Å². The van der Waals surface area contributed by atoms with Crippen molar-refractivity contribution in [1.29, 1.82) is 0 Å². The van der Waals surface area contributed by atoms with Crippen LogP contribution in [0.1, 0.15) is 17.4 Å². The molecule has 0 saturated carbocycles. The van der Waals surface area contributed by atoms with Gasteiger partial charge in [-0.1, -0.05) is 30.3 Å². The summed E-state index contributed by atoms with van der Waals surface area (Å²) in [5, 5.41) is 7.15. The number of aromatic nitrogens is 3. The lowest BCUT2D eigenvalue weighted by Crippen LogP contribution is -2.13. The Kier molecular flexibility index (Phi) is 3.66. The minimum absolute atomic E-state index is 0.314. The van der Waals surface area contributed by atoms with E-state index in [0.717, 1.165) is 16.9 Å². The van der Waals surface area contributed by atoms with Crippen LogP contribution in [0.4, 0.5) is 0 Å². The number of nitrogens with one attached hydrogen (secondary N) is 1. The number of methoxy groups -OCH3 is 1. The van der Waals surface area contributed by atoms with E-state index in [1.54, 1.807) is 7.11 Å². The van der Waals surface area contributed by atoms with Crippen LogP contribution in [0.15, 0.2) is 54.6 Å². The van der Waals surface area contributed by atoms with Crippen LogP contribution in [0.3, 0.4) is 0 Å². The van der Waals surface area contributed by atoms with Gasteiger partial charge in [0, 0.05) is 5.56 Å². The Hall–Kier alpha value is -2.66. The molecule has 0 bridgehead atoms. The van der Waals surface area contributed by atoms with Crippen LogP contribution in [0, 0.1) is 0 Å². The topological polar surface area (TPSA) is 76.8 Å². The number of nitrogens with two attached hydrogens (primary N) is 1. The zero-order valence-corrected chi connectivity index (χ0v) is 11.7. The van der Waals surface area contributed by atoms with E-state index in [1.165, 1.54) is 0 Å². The molecular formula is C16H16N4O. The molecule has 0 saturated heterocycles. The zero-order valence-electron chi connectivity index (χ0n) is 11.7. The van der Waals surface area contributed by atoms with Crippen LogP contribution in [0.2, 0.25) is 0 Å². The first-order valence-corrected chi connectivity index (χ1v) is 6.65. The first-order chi connectivity index (χ1) is 10.3. The van der Waals surface area contributed by atoms with Gasteiger partial charge in [0.05, 0.1) is 13.2 Å². The zero-order chi connectivity index (χ0) is 14.7. The van der Waals surface area contributed by atoms with Gasteiger partial charge in [-0.25, -0.2) is 4.98 Å². The Morgan fingerprint density at radius 3 is 2.43 bits per heavy atom. The molecule has 0 aliphatic rings. The maximum absolute atomic E-state index is 6.20. The van der Waals surface area contributed by atoms with Crippen molar-refractivity contribution in [3.63, 3.8) is 0 Å². The van der Waals surface area contributed by atoms with Crippen LogP contribution >= 0.6 is 0 Å². The molecular weight excluding hydrogens is 264 g/mol. The second-order valence-corrected chi connectivity index (χ2v) is 4.66. The van der Waals surface area contributed by atoms with Crippen molar-refractivity contribution in [2.75, 3.05) is 7.11 Å². The minimum Gasteiger partial charge on any atom is -0.497 e. The molecule has 1 heterocycles. The first-order valence-electron chi connectivity index (χ1n) is 6.65. The molecule has 3 N–H and O–H groups in total. The largest absolute Gasteiger partial charge is 0.497 e. The number of hydrogen-bond acceptors (Lipinski definition) is 4. The molecule has 0 amide bonds. The highest BCUT2D eigenvalue weighted by Crippen LogP contribution is 2.21. The van der Waals surface area contributed by atoms with Crippen molar-refractivity contribution in [2.24, 2.45) is 5.73 Å². The van der Waals surface area contributed by atoms with Gasteiger partial charge >= 0.3 is 0 Å². The molecule has 1 atom stereocenters. The summed E-state index contributed by atoms with van der Waals surface area (Å²) in [5.74, 6) is 2.07. The van der Waals surface area contributed by atoms with Crippen LogP contribution in [0.5, 0.6) is 5.75 Å². The summed E-state index contributed by atoms with van der Waals surface area (Å²) in [6, 6.07) is 17.1. The van der Waals surface area contributed by atoms with Gasteiger partial charge in [-0.3, -0.25) is 5.10 Å². The maximum atomic E-state index is 6.20. The minimum atomic E-state index is -0.314. The van der Waals surface area contributed by atoms with Crippen LogP contribution in [0.25, 0.3) is 11.4 Å². The van der Waals surface area contributed by atoms with Crippen molar-refractivity contribution >= 4 is 0 Å². The lowest BCUT2D eigenvalue weighted by atomic mass is 10.1. The monoisotopic (exact) mass is 280 g/mol. The third kappa shape index (κ3) is 2.78. The molecule has 1 unspecified atom stereocenters. The van der Waals surface area contributed by atoms with Gasteiger partial charge in [0.15, 0.2) is 5.82 Å². The van der Waals surface area contributed by atoms with E-state index >= 15 is 0 Å². The molecule has 2 aromatic carbocycles. The fourth-order valence-corrected chi connectivity index (χ4v) is 2.10. The summed E-state index contributed by atoms with van der Waals surface area (Å²) in [4.78, 5) is 4.48. The third-order valence-corrected chi connectivity index (χ3v) is 3.30. The molecule has 0 aliphatic carbocycles. The van der Waals surface area contributed by atoms with E-state index < -0.39 is 0 Å². The van der Waals surface area contributed by atoms with Gasteiger partial charge < -0.3 is 10.5 Å². The summed E-state index contributed by atoms with van der Waals surface area (Å²) in [6.07, 6.45) is 0. The molecule has 3 rings (SSSR count). The lowest BCUT2D eigenvalue weighted by molar-refractivity contribution is 0.415. The molecule has 5 heteroatoms. The molecule has 106 valence electrons. The van der Waals surface area contributed by atoms with Gasteiger partial charge in [-0.05, 0) is 29.8 Å². The molecule has 0 fully saturated rings. The van der Waals surface area contributed by atoms with E-state index in [1.807, 2.05) is 54.6 Å². The predicted octanol–water partition coefficient (Wildman–Crippen LogP) is 2.53. The summed E-state index contributed by atoms with van der Waals surface area (Å²) in [5.41, 5.74) is 8.11. The summed E-state index contributed by atoms with van der Waals surface area (Å²) in [6.45, 7) is 0. The molecule has 5 nitrogen and oxygen atoms in total. The van der Waals surface area contributed by atoms with Gasteiger partial charge in [0.25, 0.3) is 0 Å². The average molecular weight is 280 g/mol. The lowest BCUT2D eigenvalue weighted by Gasteiger charge is -2.07. The number of benzene rings is 2. The van der Waals surface area contributed by atoms with Crippen LogP contribution in [-0.2, 0) is 0 Å². The van der Waals surface area contributed by atoms with E-state index in [9.17, 15) is 0 Å². The predicted molar refractivity (Wildman–Crippen MR) is 80.8 cm³/mol. The SMILES string of the molecule is COc1ccc(-c2n[nH]c(C(N)c3ccccc3)n2)cc1. The van der Waals surface area contributed by atoms with Gasteiger partial charge in [-0.15, -0.1) is 0 Å². The Labute approximate surface area is 122 Å². The number of ether oxygens (including phenoxy) is 1. The normalized spacial score (nSPS) is 12.1. The number of H-pyrrole nitrogens is 1. The van der Waals surface area contributed by atoms with Crippen molar-refractivity contribution in [2.45, 2.75) is 6.04 Å². The Balaban J connectivity index is 1.85. The quantitative estimate of drug-likeness (QED) is 0.770. The standard InChI is InChI=1S/C16H16N4O/c1-21-13-9-7-12(8-10-13)15-18-16(20-19-15)14(17)11-5-3-2-4-6-11/h2-10,14H,17H2,1H3,(H,18,19,20). The second kappa shape index (κ2) is 5.76. The highest BCUT2D eigenvalue weighted by molar-refractivity contribution is 5.56. The van der Waals surface area contributed by atoms with Gasteiger partial charge in [-0.2, -0.15) is 5.10 Å². The van der Waals surface area contributed by atoms with Crippen LogP contribution in [-0.4, -0.2) is 22.3 Å². The number of hydrogen-bond donors (Lipinski definition) is 2. The summed E-state index contributed by atoms with van der Waals surface area (Å²) < 4.78 is 5.14. The molecule has 21 heavy (non-hydrogen) atoms. The highest BCUT2D eigenvalue weighted by Gasteiger charge is 2.14. The Morgan fingerprint density at radius 1 is 1.05 bits per heavy atom. The molecule has 3 aromatic rings. The summed E-state index contributed by atoms with van der Waals surface area (Å²) in [7, 11) is 1.64. The third-order valence-electron chi connectivity index (χ3n) is 3.30. The van der Waals surface area contributed by atoms with E-state index in [0.29, 0.717) is 11.6 Å². The number of nitrogens with zero attached hydrogens (tertiary/aromatic N) is 2. The van der Waals surface area contributed by atoms with Crippen molar-refractivity contribution in [3.8, 4) is 17.1 Å². The number of aromatic amines is 1. The van der Waals surface area contributed by atoms with E-state index in [-0.39, 0.29) is 6.04 Å². The maximum Gasteiger partial charge on any atom is 0.181 e. The summed E-state index contributed by atoms with van der Waals surface area (Å²) >= 11 is 0. The smallest absolute Gasteiger partial charge is 0.181 e. The van der Waals surface area contributed by atoms with Crippen molar-refractivity contribution in [1.82, 2.24) is 15.2 Å². The molecule has 0 spiro atoms. The fraction of sp³-hybridized carbons (Fsp3) is 0.125. The molecule has 1 aromatic heterocycles.